The van der Waals surface area contributed by atoms with E-state index in [9.17, 15) is 5.11 Å². The van der Waals surface area contributed by atoms with Crippen LogP contribution in [0.4, 0.5) is 0 Å². The highest BCUT2D eigenvalue weighted by atomic mass is 16.3. The van der Waals surface area contributed by atoms with Crippen LogP contribution in [-0.4, -0.2) is 47.5 Å². The molecule has 0 radical (unpaired) electrons. The molecular formula is C23H37N3O. The van der Waals surface area contributed by atoms with Gasteiger partial charge in [0.05, 0.1) is 6.20 Å². The molecule has 2 saturated carbocycles. The second-order valence-corrected chi connectivity index (χ2v) is 10.4. The number of hydrogen-bond acceptors (Lipinski definition) is 3. The molecule has 0 aromatic carbocycles. The van der Waals surface area contributed by atoms with E-state index in [4.69, 9.17) is 0 Å². The Hall–Kier alpha value is -1.13. The SMILES string of the molecule is C=C1CC[C@H]2[C@H](CN(C)C)[C@@H]([C@@]3(C)Cc4cn[nH]c4C[C@@H]3CO)CC[C@]12C. The molecule has 0 spiro atoms. The van der Waals surface area contributed by atoms with E-state index < -0.39 is 0 Å². The predicted octanol–water partition coefficient (Wildman–Crippen LogP) is 3.68. The molecule has 2 N–H and O–H groups in total. The molecule has 4 rings (SSSR count). The first kappa shape index (κ1) is 19.2. The average molecular weight is 372 g/mol. The third kappa shape index (κ3) is 2.91. The van der Waals surface area contributed by atoms with Crippen molar-refractivity contribution >= 4 is 0 Å². The summed E-state index contributed by atoms with van der Waals surface area (Å²) < 4.78 is 0. The van der Waals surface area contributed by atoms with Gasteiger partial charge < -0.3 is 10.0 Å². The van der Waals surface area contributed by atoms with Crippen LogP contribution in [0, 0.1) is 34.5 Å². The van der Waals surface area contributed by atoms with Crippen molar-refractivity contribution in [3.05, 3.63) is 29.6 Å². The van der Waals surface area contributed by atoms with Gasteiger partial charge in [-0.3, -0.25) is 5.10 Å². The number of aromatic nitrogens is 2. The Morgan fingerprint density at radius 3 is 2.78 bits per heavy atom. The molecule has 1 aromatic heterocycles. The molecule has 27 heavy (non-hydrogen) atoms. The molecule has 3 aliphatic rings. The number of aliphatic hydroxyl groups excluding tert-OH is 1. The van der Waals surface area contributed by atoms with Crippen molar-refractivity contribution in [3.63, 3.8) is 0 Å². The summed E-state index contributed by atoms with van der Waals surface area (Å²) in [6.07, 6.45) is 9.00. The molecule has 0 unspecified atom stereocenters. The van der Waals surface area contributed by atoms with Gasteiger partial charge in [-0.15, -0.1) is 0 Å². The van der Waals surface area contributed by atoms with Gasteiger partial charge >= 0.3 is 0 Å². The molecule has 0 bridgehead atoms. The summed E-state index contributed by atoms with van der Waals surface area (Å²) in [6.45, 7) is 10.8. The number of hydrogen-bond donors (Lipinski definition) is 2. The van der Waals surface area contributed by atoms with Crippen LogP contribution in [0.15, 0.2) is 18.3 Å². The maximum Gasteiger partial charge on any atom is 0.0522 e. The van der Waals surface area contributed by atoms with E-state index in [0.29, 0.717) is 23.2 Å². The summed E-state index contributed by atoms with van der Waals surface area (Å²) in [7, 11) is 4.43. The number of rotatable bonds is 4. The van der Waals surface area contributed by atoms with Crippen LogP contribution in [0.3, 0.4) is 0 Å². The fourth-order valence-electron chi connectivity index (χ4n) is 7.10. The highest BCUT2D eigenvalue weighted by Crippen LogP contribution is 2.63. The van der Waals surface area contributed by atoms with Crippen LogP contribution in [-0.2, 0) is 12.8 Å². The van der Waals surface area contributed by atoms with Crippen LogP contribution in [0.2, 0.25) is 0 Å². The topological polar surface area (TPSA) is 52.2 Å². The lowest BCUT2D eigenvalue weighted by molar-refractivity contribution is -0.0634. The summed E-state index contributed by atoms with van der Waals surface area (Å²) in [6, 6.07) is 0. The minimum atomic E-state index is 0.136. The Morgan fingerprint density at radius 2 is 2.07 bits per heavy atom. The summed E-state index contributed by atoms with van der Waals surface area (Å²) in [5, 5.41) is 17.8. The fraction of sp³-hybridized carbons (Fsp3) is 0.783. The minimum absolute atomic E-state index is 0.136. The van der Waals surface area contributed by atoms with Crippen LogP contribution in [0.25, 0.3) is 0 Å². The molecule has 150 valence electrons. The molecular weight excluding hydrogens is 334 g/mol. The number of fused-ring (bicyclic) bond motifs is 2. The van der Waals surface area contributed by atoms with Crippen molar-refractivity contribution in [3.8, 4) is 0 Å². The van der Waals surface area contributed by atoms with Gasteiger partial charge in [-0.05, 0) is 92.7 Å². The zero-order valence-electron chi connectivity index (χ0n) is 17.6. The van der Waals surface area contributed by atoms with Crippen LogP contribution < -0.4 is 0 Å². The van der Waals surface area contributed by atoms with Crippen molar-refractivity contribution in [2.24, 2.45) is 34.5 Å². The number of nitrogens with one attached hydrogen (secondary N) is 1. The van der Waals surface area contributed by atoms with Crippen molar-refractivity contribution in [1.82, 2.24) is 15.1 Å². The van der Waals surface area contributed by atoms with E-state index in [2.05, 4.69) is 49.6 Å². The lowest BCUT2D eigenvalue weighted by Gasteiger charge is -2.56. The van der Waals surface area contributed by atoms with Crippen molar-refractivity contribution < 1.29 is 5.11 Å². The Morgan fingerprint density at radius 1 is 1.30 bits per heavy atom. The van der Waals surface area contributed by atoms with Gasteiger partial charge in [-0.25, -0.2) is 0 Å². The van der Waals surface area contributed by atoms with Crippen molar-refractivity contribution in [2.75, 3.05) is 27.2 Å². The molecule has 3 aliphatic carbocycles. The molecule has 4 heteroatoms. The van der Waals surface area contributed by atoms with Crippen LogP contribution >= 0.6 is 0 Å². The van der Waals surface area contributed by atoms with E-state index in [1.54, 1.807) is 0 Å². The number of aromatic amines is 1. The minimum Gasteiger partial charge on any atom is -0.396 e. The van der Waals surface area contributed by atoms with E-state index in [-0.39, 0.29) is 12.0 Å². The lowest BCUT2D eigenvalue weighted by atomic mass is 9.49. The van der Waals surface area contributed by atoms with Gasteiger partial charge in [0.2, 0.25) is 0 Å². The summed E-state index contributed by atoms with van der Waals surface area (Å²) in [5.41, 5.74) is 4.55. The maximum atomic E-state index is 10.3. The third-order valence-electron chi connectivity index (χ3n) is 8.80. The normalized spacial score (nSPS) is 41.6. The maximum absolute atomic E-state index is 10.3. The molecule has 0 aliphatic heterocycles. The van der Waals surface area contributed by atoms with Crippen molar-refractivity contribution in [2.45, 2.75) is 52.4 Å². The van der Waals surface area contributed by atoms with Gasteiger partial charge in [-0.1, -0.05) is 26.0 Å². The summed E-state index contributed by atoms with van der Waals surface area (Å²) in [4.78, 5) is 2.38. The third-order valence-corrected chi connectivity index (χ3v) is 8.80. The van der Waals surface area contributed by atoms with Gasteiger partial charge in [-0.2, -0.15) is 5.10 Å². The molecule has 0 saturated heterocycles. The van der Waals surface area contributed by atoms with Gasteiger partial charge in [0.15, 0.2) is 0 Å². The Labute approximate surface area is 164 Å². The standard InChI is InChI=1S/C23H37N3O/c1-15-6-7-19-18(13-26(4)5)20(8-9-22(15,19)2)23(3)11-16-12-24-25-21(16)10-17(23)14-27/h12,17-20,27H,1,6-11,13-14H2,2-5H3,(H,24,25)/t17-,18+,19+,20+,22-,23+/m1/s1. The Bertz CT molecular complexity index is 710. The van der Waals surface area contributed by atoms with Gasteiger partial charge in [0.1, 0.15) is 0 Å². The number of nitrogens with zero attached hydrogens (tertiary/aromatic N) is 2. The molecule has 2 fully saturated rings. The van der Waals surface area contributed by atoms with Gasteiger partial charge in [0, 0.05) is 18.8 Å². The molecule has 6 atom stereocenters. The highest BCUT2D eigenvalue weighted by molar-refractivity contribution is 5.26. The van der Waals surface area contributed by atoms with E-state index >= 15 is 0 Å². The van der Waals surface area contributed by atoms with Crippen LogP contribution in [0.1, 0.15) is 50.8 Å². The molecule has 1 heterocycles. The lowest BCUT2D eigenvalue weighted by Crippen LogP contribution is -2.53. The smallest absolute Gasteiger partial charge is 0.0522 e. The first-order valence-corrected chi connectivity index (χ1v) is 10.7. The summed E-state index contributed by atoms with van der Waals surface area (Å²) >= 11 is 0. The largest absolute Gasteiger partial charge is 0.396 e. The first-order valence-electron chi connectivity index (χ1n) is 10.7. The van der Waals surface area contributed by atoms with E-state index in [1.807, 2.05) is 6.20 Å². The number of H-pyrrole nitrogens is 1. The van der Waals surface area contributed by atoms with Crippen molar-refractivity contribution in [1.29, 1.82) is 0 Å². The zero-order chi connectivity index (χ0) is 19.4. The van der Waals surface area contributed by atoms with E-state index in [0.717, 1.165) is 25.3 Å². The predicted molar refractivity (Wildman–Crippen MR) is 109 cm³/mol. The first-order chi connectivity index (χ1) is 12.8. The number of allylic oxidation sites excluding steroid dienone is 1. The Kier molecular flexibility index (Phi) is 4.79. The highest BCUT2D eigenvalue weighted by Gasteiger charge is 2.56. The monoisotopic (exact) mass is 371 g/mol. The summed E-state index contributed by atoms with van der Waals surface area (Å²) in [5.74, 6) is 2.36. The number of aliphatic hydroxyl groups is 1. The van der Waals surface area contributed by atoms with Gasteiger partial charge in [0.25, 0.3) is 0 Å². The van der Waals surface area contributed by atoms with Crippen LogP contribution in [0.5, 0.6) is 0 Å². The second-order valence-electron chi connectivity index (χ2n) is 10.4. The molecule has 4 nitrogen and oxygen atoms in total. The fourth-order valence-corrected chi connectivity index (χ4v) is 7.10. The zero-order valence-corrected chi connectivity index (χ0v) is 17.6. The average Bonchev–Trinajstić information content (AvgIpc) is 3.17. The quantitative estimate of drug-likeness (QED) is 0.794. The van der Waals surface area contributed by atoms with E-state index in [1.165, 1.54) is 42.5 Å². The second kappa shape index (κ2) is 6.73. The molecule has 0 amide bonds. The molecule has 1 aromatic rings. The Balaban J connectivity index is 1.71.